The maximum Gasteiger partial charge on any atom is 0.137 e. The Morgan fingerprint density at radius 1 is 1.16 bits per heavy atom. The lowest BCUT2D eigenvalue weighted by atomic mass is 9.44. The van der Waals surface area contributed by atoms with Crippen molar-refractivity contribution in [3.05, 3.63) is 17.7 Å². The highest BCUT2D eigenvalue weighted by Crippen LogP contribution is 2.64. The zero-order valence-corrected chi connectivity index (χ0v) is 11.1. The summed E-state index contributed by atoms with van der Waals surface area (Å²) in [4.78, 5) is 12.1. The van der Waals surface area contributed by atoms with Crippen LogP contribution >= 0.6 is 0 Å². The summed E-state index contributed by atoms with van der Waals surface area (Å²) in [5, 5.41) is 29.3. The van der Waals surface area contributed by atoms with E-state index in [9.17, 15) is 20.1 Å². The Morgan fingerprint density at radius 3 is 2.21 bits per heavy atom. The molecular formula is C15H18O4. The van der Waals surface area contributed by atoms with Crippen molar-refractivity contribution in [1.82, 2.24) is 0 Å². The molecule has 102 valence electrons. The first-order valence-corrected chi connectivity index (χ1v) is 6.60. The lowest BCUT2D eigenvalue weighted by Crippen LogP contribution is -2.56. The fourth-order valence-corrected chi connectivity index (χ4v) is 3.98. The molecule has 1 aromatic carbocycles. The van der Waals surface area contributed by atoms with Crippen LogP contribution in [0.1, 0.15) is 38.2 Å². The molecule has 3 atom stereocenters. The van der Waals surface area contributed by atoms with E-state index in [1.165, 1.54) is 12.1 Å². The Labute approximate surface area is 111 Å². The molecule has 3 aliphatic carbocycles. The molecule has 0 amide bonds. The number of carbonyl (C=O) groups excluding carboxylic acids is 1. The molecule has 3 fully saturated rings. The van der Waals surface area contributed by atoms with Crippen molar-refractivity contribution in [2.45, 2.75) is 32.6 Å². The Kier molecular flexibility index (Phi) is 2.37. The van der Waals surface area contributed by atoms with Gasteiger partial charge in [0.2, 0.25) is 0 Å². The first kappa shape index (κ1) is 12.3. The van der Waals surface area contributed by atoms with Crippen molar-refractivity contribution < 1.29 is 20.1 Å². The molecule has 0 heterocycles. The average Bonchev–Trinajstić information content (AvgIpc) is 2.25. The molecule has 4 heteroatoms. The van der Waals surface area contributed by atoms with Crippen LogP contribution < -0.4 is 0 Å². The molecule has 4 nitrogen and oxygen atoms in total. The normalized spacial score (nSPS) is 31.9. The summed E-state index contributed by atoms with van der Waals surface area (Å²) in [6.07, 6.45) is 1.20. The van der Waals surface area contributed by atoms with E-state index in [1.807, 2.05) is 0 Å². The maximum atomic E-state index is 12.1. The number of phenolic OH excluding ortho intramolecular Hbond substituents is 3. The van der Waals surface area contributed by atoms with Crippen molar-refractivity contribution in [1.29, 1.82) is 0 Å². The van der Waals surface area contributed by atoms with Crippen LogP contribution in [0.3, 0.4) is 0 Å². The Hall–Kier alpha value is -1.71. The molecule has 0 saturated heterocycles. The minimum atomic E-state index is -0.174. The van der Waals surface area contributed by atoms with E-state index in [-0.39, 0.29) is 46.2 Å². The number of fused-ring (bicyclic) bond motifs is 2. The van der Waals surface area contributed by atoms with Crippen LogP contribution in [0.15, 0.2) is 12.1 Å². The van der Waals surface area contributed by atoms with Crippen LogP contribution in [-0.4, -0.2) is 21.1 Å². The van der Waals surface area contributed by atoms with Gasteiger partial charge in [-0.2, -0.15) is 0 Å². The number of carbonyl (C=O) groups is 1. The van der Waals surface area contributed by atoms with Gasteiger partial charge in [0.25, 0.3) is 0 Å². The van der Waals surface area contributed by atoms with Gasteiger partial charge in [-0.25, -0.2) is 0 Å². The van der Waals surface area contributed by atoms with E-state index < -0.39 is 0 Å². The fraction of sp³-hybridized carbons (Fsp3) is 0.533. The Bertz CT molecular complexity index is 538. The van der Waals surface area contributed by atoms with Crippen LogP contribution in [0.5, 0.6) is 17.2 Å². The van der Waals surface area contributed by atoms with Crippen LogP contribution in [0, 0.1) is 17.3 Å². The maximum absolute atomic E-state index is 12.1. The largest absolute Gasteiger partial charge is 0.508 e. The molecule has 0 radical (unpaired) electrons. The van der Waals surface area contributed by atoms with Crippen molar-refractivity contribution in [3.8, 4) is 17.2 Å². The Morgan fingerprint density at radius 2 is 1.74 bits per heavy atom. The molecule has 4 rings (SSSR count). The highest BCUT2D eigenvalue weighted by atomic mass is 16.3. The van der Waals surface area contributed by atoms with Gasteiger partial charge in [-0.05, 0) is 17.8 Å². The molecule has 2 bridgehead atoms. The van der Waals surface area contributed by atoms with E-state index in [2.05, 4.69) is 13.8 Å². The second-order valence-electron chi connectivity index (χ2n) is 6.39. The standard InChI is InChI=1S/C15H18O4/c1-15(2)9-6-10(15)11(17)5-8(9)14-12(18)3-7(16)4-13(14)19/h3-4,8-10,16,18-19H,5-6H2,1-2H3/t8-,9?,10+/m1/s1. The molecule has 0 spiro atoms. The van der Waals surface area contributed by atoms with Crippen LogP contribution in [-0.2, 0) is 4.79 Å². The molecule has 3 saturated carbocycles. The van der Waals surface area contributed by atoms with Gasteiger partial charge in [0.05, 0.1) is 0 Å². The summed E-state index contributed by atoms with van der Waals surface area (Å²) in [5.41, 5.74) is 0.332. The number of hydrogen-bond acceptors (Lipinski definition) is 4. The number of benzene rings is 1. The van der Waals surface area contributed by atoms with Gasteiger partial charge < -0.3 is 15.3 Å². The summed E-state index contributed by atoms with van der Waals surface area (Å²) < 4.78 is 0. The van der Waals surface area contributed by atoms with E-state index in [1.54, 1.807) is 0 Å². The molecular weight excluding hydrogens is 244 g/mol. The second-order valence-corrected chi connectivity index (χ2v) is 6.39. The van der Waals surface area contributed by atoms with Gasteiger partial charge in [0, 0.05) is 36.0 Å². The van der Waals surface area contributed by atoms with E-state index in [0.29, 0.717) is 12.0 Å². The highest BCUT2D eigenvalue weighted by Gasteiger charge is 2.59. The summed E-state index contributed by atoms with van der Waals surface area (Å²) in [5.74, 6) is 0.0312. The number of rotatable bonds is 1. The number of Topliss-reactive ketones (excluding diaryl/α,β-unsaturated/α-hetero) is 1. The van der Waals surface area contributed by atoms with Crippen molar-refractivity contribution in [3.63, 3.8) is 0 Å². The molecule has 3 N–H and O–H groups in total. The quantitative estimate of drug-likeness (QED) is 0.726. The SMILES string of the molecule is CC1(C)C2C[C@H]1C(=O)C[C@H]2c1c(O)cc(O)cc1O. The number of hydrogen-bond donors (Lipinski definition) is 3. The lowest BCUT2D eigenvalue weighted by Gasteiger charge is -2.58. The first-order chi connectivity index (χ1) is 8.82. The molecule has 19 heavy (non-hydrogen) atoms. The first-order valence-electron chi connectivity index (χ1n) is 6.60. The van der Waals surface area contributed by atoms with Crippen LogP contribution in [0.4, 0.5) is 0 Å². The predicted octanol–water partition coefficient (Wildman–Crippen LogP) is 2.52. The van der Waals surface area contributed by atoms with Gasteiger partial charge in [-0.1, -0.05) is 13.8 Å². The Balaban J connectivity index is 2.06. The number of aromatic hydroxyl groups is 3. The van der Waals surface area contributed by atoms with Crippen molar-refractivity contribution in [2.24, 2.45) is 17.3 Å². The van der Waals surface area contributed by atoms with Gasteiger partial charge >= 0.3 is 0 Å². The van der Waals surface area contributed by atoms with E-state index >= 15 is 0 Å². The molecule has 1 unspecified atom stereocenters. The zero-order valence-electron chi connectivity index (χ0n) is 11.1. The average molecular weight is 262 g/mol. The van der Waals surface area contributed by atoms with Gasteiger partial charge in [0.1, 0.15) is 23.0 Å². The van der Waals surface area contributed by atoms with Gasteiger partial charge in [-0.3, -0.25) is 4.79 Å². The lowest BCUT2D eigenvalue weighted by molar-refractivity contribution is -0.151. The topological polar surface area (TPSA) is 77.8 Å². The van der Waals surface area contributed by atoms with Gasteiger partial charge in [-0.15, -0.1) is 0 Å². The molecule has 1 aromatic rings. The third kappa shape index (κ3) is 1.55. The molecule has 0 aliphatic heterocycles. The van der Waals surface area contributed by atoms with E-state index in [0.717, 1.165) is 6.42 Å². The van der Waals surface area contributed by atoms with Gasteiger partial charge in [0.15, 0.2) is 0 Å². The number of ketones is 1. The third-order valence-electron chi connectivity index (χ3n) is 5.13. The van der Waals surface area contributed by atoms with Crippen LogP contribution in [0.25, 0.3) is 0 Å². The molecule has 0 aromatic heterocycles. The zero-order chi connectivity index (χ0) is 13.9. The minimum Gasteiger partial charge on any atom is -0.508 e. The van der Waals surface area contributed by atoms with E-state index in [4.69, 9.17) is 0 Å². The smallest absolute Gasteiger partial charge is 0.137 e. The number of phenols is 3. The van der Waals surface area contributed by atoms with Crippen molar-refractivity contribution >= 4 is 5.78 Å². The summed E-state index contributed by atoms with van der Waals surface area (Å²) in [7, 11) is 0. The monoisotopic (exact) mass is 262 g/mol. The molecule has 3 aliphatic rings. The predicted molar refractivity (Wildman–Crippen MR) is 69.2 cm³/mol. The van der Waals surface area contributed by atoms with Crippen LogP contribution in [0.2, 0.25) is 0 Å². The summed E-state index contributed by atoms with van der Waals surface area (Å²) in [6, 6.07) is 2.44. The van der Waals surface area contributed by atoms with Crippen molar-refractivity contribution in [2.75, 3.05) is 0 Å². The minimum absolute atomic E-state index is 0.0727. The summed E-state index contributed by atoms with van der Waals surface area (Å²) in [6.45, 7) is 4.15. The fourth-order valence-electron chi connectivity index (χ4n) is 3.98. The third-order valence-corrected chi connectivity index (χ3v) is 5.13. The highest BCUT2D eigenvalue weighted by molar-refractivity contribution is 5.86. The summed E-state index contributed by atoms with van der Waals surface area (Å²) >= 11 is 0. The second kappa shape index (κ2) is 3.65.